The summed E-state index contributed by atoms with van der Waals surface area (Å²) in [6.07, 6.45) is 0.728. The van der Waals surface area contributed by atoms with Crippen LogP contribution in [0.25, 0.3) is 0 Å². The summed E-state index contributed by atoms with van der Waals surface area (Å²) in [5.41, 5.74) is 2.41. The molecule has 1 N–H and O–H groups in total. The van der Waals surface area contributed by atoms with Gasteiger partial charge in [0.05, 0.1) is 0 Å². The lowest BCUT2D eigenvalue weighted by Gasteiger charge is -1.88. The summed E-state index contributed by atoms with van der Waals surface area (Å²) in [6, 6.07) is 0. The molecule has 1 atom stereocenters. The van der Waals surface area contributed by atoms with Gasteiger partial charge in [0.1, 0.15) is 5.84 Å². The van der Waals surface area contributed by atoms with Crippen LogP contribution in [0.2, 0.25) is 0 Å². The number of rotatable bonds is 1. The van der Waals surface area contributed by atoms with Gasteiger partial charge in [-0.05, 0) is 0 Å². The van der Waals surface area contributed by atoms with Gasteiger partial charge in [-0.15, -0.1) is 4.40 Å². The molecule has 0 saturated carbocycles. The highest BCUT2D eigenvalue weighted by molar-refractivity contribution is 7.79. The second kappa shape index (κ2) is 2.23. The summed E-state index contributed by atoms with van der Waals surface area (Å²) < 4.78 is 18.2. The molecular weight excluding hydrogens is 128 g/mol. The van der Waals surface area contributed by atoms with Gasteiger partial charge in [0.2, 0.25) is 0 Å². The first-order valence-electron chi connectivity index (χ1n) is 2.25. The SMILES string of the molecule is CCC1=NS(=O)ON1.[HH]. The monoisotopic (exact) mass is 136 g/mol. The van der Waals surface area contributed by atoms with Crippen LogP contribution in [0.1, 0.15) is 14.8 Å². The van der Waals surface area contributed by atoms with Crippen molar-refractivity contribution in [2.24, 2.45) is 4.40 Å². The zero-order valence-electron chi connectivity index (χ0n) is 4.38. The lowest BCUT2D eigenvalue weighted by atomic mass is 10.5. The zero-order valence-corrected chi connectivity index (χ0v) is 5.20. The lowest BCUT2D eigenvalue weighted by Crippen LogP contribution is -2.14. The van der Waals surface area contributed by atoms with Gasteiger partial charge in [-0.3, -0.25) is 0 Å². The maximum absolute atomic E-state index is 10.3. The minimum atomic E-state index is -1.48. The Morgan fingerprint density at radius 3 is 3.12 bits per heavy atom. The van der Waals surface area contributed by atoms with Crippen LogP contribution in [0.3, 0.4) is 0 Å². The average molecular weight is 136 g/mol. The number of nitrogens with zero attached hydrogens (tertiary/aromatic N) is 1. The Hall–Kier alpha value is -0.420. The fourth-order valence-corrected chi connectivity index (χ4v) is 0.899. The van der Waals surface area contributed by atoms with E-state index in [1.165, 1.54) is 0 Å². The number of hydrogen-bond acceptors (Lipinski definition) is 3. The summed E-state index contributed by atoms with van der Waals surface area (Å²) in [7, 11) is 0. The zero-order chi connectivity index (χ0) is 5.98. The van der Waals surface area contributed by atoms with Crippen LogP contribution < -0.4 is 5.48 Å². The second-order valence-electron chi connectivity index (χ2n) is 1.29. The normalized spacial score (nSPS) is 27.1. The van der Waals surface area contributed by atoms with Gasteiger partial charge in [0.25, 0.3) is 0 Å². The van der Waals surface area contributed by atoms with Crippen molar-refractivity contribution in [1.29, 1.82) is 0 Å². The largest absolute Gasteiger partial charge is 0.309 e. The molecule has 1 aliphatic rings. The standard InChI is InChI=1S/C3H6N2O2S.H2/c1-2-3-4-7-8(6)5-3;/h2H2,1H3,(H,4,5);1H. The first-order valence-corrected chi connectivity index (χ1v) is 3.29. The Balaban J connectivity index is 0.000000640. The lowest BCUT2D eigenvalue weighted by molar-refractivity contribution is 0.303. The van der Waals surface area contributed by atoms with Crippen LogP contribution in [0.4, 0.5) is 0 Å². The van der Waals surface area contributed by atoms with E-state index in [9.17, 15) is 4.21 Å². The third-order valence-corrected chi connectivity index (χ3v) is 1.35. The molecule has 4 nitrogen and oxygen atoms in total. The maximum atomic E-state index is 10.3. The molecule has 8 heavy (non-hydrogen) atoms. The van der Waals surface area contributed by atoms with E-state index in [0.29, 0.717) is 5.84 Å². The molecule has 0 fully saturated rings. The van der Waals surface area contributed by atoms with Crippen LogP contribution in [-0.4, -0.2) is 10.0 Å². The van der Waals surface area contributed by atoms with Gasteiger partial charge in [0, 0.05) is 7.85 Å². The van der Waals surface area contributed by atoms with Gasteiger partial charge in [0.15, 0.2) is 0 Å². The highest BCUT2D eigenvalue weighted by Gasteiger charge is 2.09. The molecule has 1 rings (SSSR count). The highest BCUT2D eigenvalue weighted by Crippen LogP contribution is 1.96. The van der Waals surface area contributed by atoms with Crippen molar-refractivity contribution in [2.75, 3.05) is 0 Å². The molecule has 0 aromatic heterocycles. The van der Waals surface area contributed by atoms with Crippen molar-refractivity contribution in [2.45, 2.75) is 13.3 Å². The molecule has 0 aromatic rings. The summed E-state index contributed by atoms with van der Waals surface area (Å²) in [6.45, 7) is 1.90. The van der Waals surface area contributed by atoms with Crippen LogP contribution in [0.5, 0.6) is 0 Å². The predicted octanol–water partition coefficient (Wildman–Crippen LogP) is 0.154. The second-order valence-corrected chi connectivity index (χ2v) is 2.08. The topological polar surface area (TPSA) is 50.7 Å². The number of nitrogens with one attached hydrogen (secondary N) is 1. The molecule has 5 heteroatoms. The Labute approximate surface area is 51.2 Å². The number of hydrogen-bond donors (Lipinski definition) is 1. The van der Waals surface area contributed by atoms with E-state index in [1.54, 1.807) is 0 Å². The highest BCUT2D eigenvalue weighted by atomic mass is 32.2. The summed E-state index contributed by atoms with van der Waals surface area (Å²) in [5.74, 6) is 0.642. The molecule has 0 amide bonds. The average Bonchev–Trinajstić information content (AvgIpc) is 2.14. The first kappa shape index (κ1) is 5.71. The quantitative estimate of drug-likeness (QED) is 0.558. The van der Waals surface area contributed by atoms with E-state index in [1.807, 2.05) is 6.92 Å². The van der Waals surface area contributed by atoms with E-state index in [-0.39, 0.29) is 1.43 Å². The molecule has 1 unspecified atom stereocenters. The van der Waals surface area contributed by atoms with E-state index < -0.39 is 11.3 Å². The molecule has 0 radical (unpaired) electrons. The Morgan fingerprint density at radius 1 is 2.12 bits per heavy atom. The molecular formula is C3H8N2O2S. The number of amidine groups is 1. The molecule has 0 aromatic carbocycles. The van der Waals surface area contributed by atoms with Gasteiger partial charge in [-0.2, -0.15) is 4.28 Å². The Bertz CT molecular complexity index is 149. The smallest absolute Gasteiger partial charge is 0.235 e. The van der Waals surface area contributed by atoms with Gasteiger partial charge in [-0.1, -0.05) is 6.92 Å². The third kappa shape index (κ3) is 1.05. The minimum Gasteiger partial charge on any atom is -0.235 e. The molecule has 0 spiro atoms. The van der Waals surface area contributed by atoms with Gasteiger partial charge >= 0.3 is 11.3 Å². The van der Waals surface area contributed by atoms with E-state index >= 15 is 0 Å². The molecule has 0 aliphatic carbocycles. The minimum absolute atomic E-state index is 0. The molecule has 0 bridgehead atoms. The number of hydroxylamine groups is 1. The van der Waals surface area contributed by atoms with Crippen molar-refractivity contribution in [3.63, 3.8) is 0 Å². The van der Waals surface area contributed by atoms with Crippen LogP contribution in [0.15, 0.2) is 4.40 Å². The Morgan fingerprint density at radius 2 is 2.88 bits per heavy atom. The predicted molar refractivity (Wildman–Crippen MR) is 32.2 cm³/mol. The molecule has 1 aliphatic heterocycles. The van der Waals surface area contributed by atoms with Crippen molar-refractivity contribution >= 4 is 17.1 Å². The van der Waals surface area contributed by atoms with Crippen LogP contribution >= 0.6 is 0 Å². The van der Waals surface area contributed by atoms with Crippen molar-refractivity contribution in [1.82, 2.24) is 5.48 Å². The molecule has 48 valence electrons. The van der Waals surface area contributed by atoms with Crippen LogP contribution in [-0.2, 0) is 15.6 Å². The third-order valence-electron chi connectivity index (χ3n) is 0.750. The van der Waals surface area contributed by atoms with Crippen molar-refractivity contribution < 1.29 is 9.92 Å². The van der Waals surface area contributed by atoms with E-state index in [2.05, 4.69) is 14.2 Å². The van der Waals surface area contributed by atoms with E-state index in [0.717, 1.165) is 6.42 Å². The van der Waals surface area contributed by atoms with Crippen molar-refractivity contribution in [3.05, 3.63) is 0 Å². The molecule has 0 saturated heterocycles. The van der Waals surface area contributed by atoms with Gasteiger partial charge < -0.3 is 0 Å². The van der Waals surface area contributed by atoms with E-state index in [4.69, 9.17) is 0 Å². The fraction of sp³-hybridized carbons (Fsp3) is 0.667. The van der Waals surface area contributed by atoms with Crippen molar-refractivity contribution in [3.8, 4) is 0 Å². The van der Waals surface area contributed by atoms with Crippen LogP contribution in [0, 0.1) is 0 Å². The maximum Gasteiger partial charge on any atom is 0.309 e. The van der Waals surface area contributed by atoms with Gasteiger partial charge in [-0.25, -0.2) is 9.69 Å². The summed E-state index contributed by atoms with van der Waals surface area (Å²) in [5, 5.41) is 0. The Kier molecular flexibility index (Phi) is 1.59. The molecule has 1 heterocycles. The summed E-state index contributed by atoms with van der Waals surface area (Å²) >= 11 is -1.48. The first-order chi connectivity index (χ1) is 3.83. The summed E-state index contributed by atoms with van der Waals surface area (Å²) in [4.78, 5) is 0. The fourth-order valence-electron chi connectivity index (χ4n) is 0.348.